The van der Waals surface area contributed by atoms with E-state index in [1.165, 1.54) is 0 Å². The van der Waals surface area contributed by atoms with E-state index in [1.807, 2.05) is 13.8 Å². The predicted octanol–water partition coefficient (Wildman–Crippen LogP) is 3.63. The second kappa shape index (κ2) is 8.89. The zero-order valence-electron chi connectivity index (χ0n) is 20.1. The lowest BCUT2D eigenvalue weighted by Gasteiger charge is -2.50. The quantitative estimate of drug-likeness (QED) is 0.489. The van der Waals surface area contributed by atoms with Crippen molar-refractivity contribution in [3.8, 4) is 0 Å². The molecule has 2 saturated carbocycles. The molecule has 0 bridgehead atoms. The SMILES string of the molecule is CC(C)CC[C@](C)(O)[C@H]1CC[C@@H](C2=C[C@H](O)[C@H]3C[C@@H](O)CC[C@]3(C)C2=O)[C@]1(C)CCO. The predicted molar refractivity (Wildman–Crippen MR) is 121 cm³/mol. The molecule has 0 heterocycles. The third-order valence-electron chi connectivity index (χ3n) is 9.23. The Balaban J connectivity index is 1.94. The fourth-order valence-electron chi connectivity index (χ4n) is 7.21. The van der Waals surface area contributed by atoms with Gasteiger partial charge in [0.25, 0.3) is 0 Å². The molecule has 8 atom stereocenters. The molecule has 5 heteroatoms. The summed E-state index contributed by atoms with van der Waals surface area (Å²) in [7, 11) is 0. The fourth-order valence-corrected chi connectivity index (χ4v) is 7.21. The van der Waals surface area contributed by atoms with Crippen LogP contribution in [0.25, 0.3) is 0 Å². The van der Waals surface area contributed by atoms with E-state index in [2.05, 4.69) is 20.8 Å². The van der Waals surface area contributed by atoms with Gasteiger partial charge < -0.3 is 20.4 Å². The third-order valence-corrected chi connectivity index (χ3v) is 9.23. The topological polar surface area (TPSA) is 98.0 Å². The van der Waals surface area contributed by atoms with Crippen LogP contribution in [0.5, 0.6) is 0 Å². The Morgan fingerprint density at radius 1 is 1.19 bits per heavy atom. The van der Waals surface area contributed by atoms with E-state index < -0.39 is 28.6 Å². The summed E-state index contributed by atoms with van der Waals surface area (Å²) in [5.41, 5.74) is -1.23. The van der Waals surface area contributed by atoms with Gasteiger partial charge in [0, 0.05) is 17.9 Å². The van der Waals surface area contributed by atoms with Gasteiger partial charge >= 0.3 is 0 Å². The number of Topliss-reactive ketones (excluding diaryl/α,β-unsaturated/α-hetero) is 1. The molecule has 3 aliphatic rings. The fraction of sp³-hybridized carbons (Fsp3) is 0.885. The van der Waals surface area contributed by atoms with Gasteiger partial charge in [-0.15, -0.1) is 0 Å². The van der Waals surface area contributed by atoms with Crippen molar-refractivity contribution >= 4 is 5.78 Å². The minimum absolute atomic E-state index is 0.0135. The van der Waals surface area contributed by atoms with Gasteiger partial charge in [-0.05, 0) is 93.1 Å². The Kier molecular flexibility index (Phi) is 7.13. The van der Waals surface area contributed by atoms with Crippen LogP contribution in [-0.2, 0) is 4.79 Å². The van der Waals surface area contributed by atoms with E-state index in [-0.39, 0.29) is 30.1 Å². The number of carbonyl (C=O) groups is 1. The molecule has 0 radical (unpaired) electrons. The highest BCUT2D eigenvalue weighted by atomic mass is 16.3. The van der Waals surface area contributed by atoms with Crippen LogP contribution in [0.3, 0.4) is 0 Å². The molecule has 0 saturated heterocycles. The number of rotatable bonds is 7. The van der Waals surface area contributed by atoms with E-state index in [0.29, 0.717) is 43.6 Å². The van der Waals surface area contributed by atoms with Crippen molar-refractivity contribution in [1.82, 2.24) is 0 Å². The smallest absolute Gasteiger partial charge is 0.165 e. The molecule has 3 rings (SSSR count). The van der Waals surface area contributed by atoms with E-state index in [0.717, 1.165) is 19.3 Å². The van der Waals surface area contributed by atoms with Gasteiger partial charge in [-0.1, -0.05) is 27.7 Å². The average molecular weight is 437 g/mol. The molecule has 0 aromatic rings. The molecule has 0 aromatic carbocycles. The van der Waals surface area contributed by atoms with Crippen LogP contribution < -0.4 is 0 Å². The van der Waals surface area contributed by atoms with E-state index in [1.54, 1.807) is 6.08 Å². The van der Waals surface area contributed by atoms with Gasteiger partial charge in [0.15, 0.2) is 5.78 Å². The van der Waals surface area contributed by atoms with Crippen LogP contribution >= 0.6 is 0 Å². The van der Waals surface area contributed by atoms with Crippen molar-refractivity contribution in [2.45, 2.75) is 104 Å². The second-order valence-electron chi connectivity index (χ2n) is 11.8. The summed E-state index contributed by atoms with van der Waals surface area (Å²) in [6.07, 6.45) is 5.94. The third kappa shape index (κ3) is 4.40. The molecule has 3 aliphatic carbocycles. The van der Waals surface area contributed by atoms with Gasteiger partial charge in [-0.3, -0.25) is 4.79 Å². The molecule has 0 aliphatic heterocycles. The highest BCUT2D eigenvalue weighted by Crippen LogP contribution is 2.60. The standard InChI is InChI=1S/C26H44O5/c1-16(2)8-11-26(5,31)22-7-6-19(24(22,3)12-13-27)18-15-21(29)20-14-17(28)9-10-25(20,4)23(18)30/h15-17,19-22,27-29,31H,6-14H2,1-5H3/t17-,19-,20+,21-,22-,24-,25-,26-/m0/s1. The monoisotopic (exact) mass is 436 g/mol. The first kappa shape index (κ1) is 24.9. The lowest BCUT2D eigenvalue weighted by molar-refractivity contribution is -0.139. The van der Waals surface area contributed by atoms with Crippen molar-refractivity contribution in [3.63, 3.8) is 0 Å². The Morgan fingerprint density at radius 2 is 1.87 bits per heavy atom. The van der Waals surface area contributed by atoms with Gasteiger partial charge in [0.05, 0.1) is 17.8 Å². The Morgan fingerprint density at radius 3 is 2.48 bits per heavy atom. The first-order valence-corrected chi connectivity index (χ1v) is 12.3. The molecule has 0 amide bonds. The van der Waals surface area contributed by atoms with Crippen molar-refractivity contribution in [1.29, 1.82) is 0 Å². The number of hydrogen-bond donors (Lipinski definition) is 4. The van der Waals surface area contributed by atoms with Gasteiger partial charge in [0.2, 0.25) is 0 Å². The first-order valence-electron chi connectivity index (χ1n) is 12.3. The highest BCUT2D eigenvalue weighted by Gasteiger charge is 2.58. The molecular formula is C26H44O5. The summed E-state index contributed by atoms with van der Waals surface area (Å²) in [5.74, 6) is 0.265. The molecule has 0 spiro atoms. The van der Waals surface area contributed by atoms with Crippen LogP contribution in [0.15, 0.2) is 11.6 Å². The van der Waals surface area contributed by atoms with Crippen LogP contribution in [-0.4, -0.2) is 50.6 Å². The van der Waals surface area contributed by atoms with E-state index >= 15 is 0 Å². The Labute approximate surface area is 187 Å². The number of fused-ring (bicyclic) bond motifs is 1. The number of aliphatic hydroxyl groups excluding tert-OH is 3. The summed E-state index contributed by atoms with van der Waals surface area (Å²) in [5, 5.41) is 42.5. The summed E-state index contributed by atoms with van der Waals surface area (Å²) >= 11 is 0. The Bertz CT molecular complexity index is 698. The van der Waals surface area contributed by atoms with E-state index in [9.17, 15) is 25.2 Å². The summed E-state index contributed by atoms with van der Waals surface area (Å²) in [6, 6.07) is 0. The summed E-state index contributed by atoms with van der Waals surface area (Å²) in [4.78, 5) is 13.8. The zero-order valence-corrected chi connectivity index (χ0v) is 20.1. The minimum atomic E-state index is -0.860. The lowest BCUT2D eigenvalue weighted by Crippen LogP contribution is -2.52. The maximum Gasteiger partial charge on any atom is 0.165 e. The molecule has 4 N–H and O–H groups in total. The van der Waals surface area contributed by atoms with Crippen LogP contribution in [0.2, 0.25) is 0 Å². The van der Waals surface area contributed by atoms with Crippen molar-refractivity contribution in [2.24, 2.45) is 34.5 Å². The van der Waals surface area contributed by atoms with Gasteiger partial charge in [-0.25, -0.2) is 0 Å². The zero-order chi connectivity index (χ0) is 23.2. The van der Waals surface area contributed by atoms with Crippen LogP contribution in [0, 0.1) is 34.5 Å². The molecule has 178 valence electrons. The second-order valence-corrected chi connectivity index (χ2v) is 11.8. The Hall–Kier alpha value is -0.750. The lowest BCUT2D eigenvalue weighted by atomic mass is 9.55. The number of ketones is 1. The molecule has 0 unspecified atom stereocenters. The maximum absolute atomic E-state index is 13.8. The van der Waals surface area contributed by atoms with Crippen LogP contribution in [0.1, 0.15) is 86.0 Å². The number of aliphatic hydroxyl groups is 4. The summed E-state index contributed by atoms with van der Waals surface area (Å²) in [6.45, 7) is 10.3. The molecule has 2 fully saturated rings. The minimum Gasteiger partial charge on any atom is -0.396 e. The van der Waals surface area contributed by atoms with E-state index in [4.69, 9.17) is 0 Å². The summed E-state index contributed by atoms with van der Waals surface area (Å²) < 4.78 is 0. The normalized spacial score (nSPS) is 43.0. The van der Waals surface area contributed by atoms with Crippen LogP contribution in [0.4, 0.5) is 0 Å². The molecular weight excluding hydrogens is 392 g/mol. The van der Waals surface area contributed by atoms with Crippen molar-refractivity contribution in [2.75, 3.05) is 6.61 Å². The van der Waals surface area contributed by atoms with Gasteiger partial charge in [-0.2, -0.15) is 0 Å². The van der Waals surface area contributed by atoms with Crippen molar-refractivity contribution in [3.05, 3.63) is 11.6 Å². The average Bonchev–Trinajstić information content (AvgIpc) is 3.02. The number of allylic oxidation sites excluding steroid dienone is 1. The molecule has 31 heavy (non-hydrogen) atoms. The number of carbonyl (C=O) groups excluding carboxylic acids is 1. The molecule has 5 nitrogen and oxygen atoms in total. The van der Waals surface area contributed by atoms with Gasteiger partial charge in [0.1, 0.15) is 0 Å². The largest absolute Gasteiger partial charge is 0.396 e. The number of hydrogen-bond acceptors (Lipinski definition) is 5. The van der Waals surface area contributed by atoms with Crippen molar-refractivity contribution < 1.29 is 25.2 Å². The first-order chi connectivity index (χ1) is 14.4. The highest BCUT2D eigenvalue weighted by molar-refractivity contribution is 6.01. The molecule has 0 aromatic heterocycles. The maximum atomic E-state index is 13.8.